The largest absolute Gasteiger partial charge is 0.433 e. The first kappa shape index (κ1) is 16.4. The minimum atomic E-state index is -4.47. The van der Waals surface area contributed by atoms with Crippen LogP contribution in [0.1, 0.15) is 29.8 Å². The number of ether oxygens (including phenoxy) is 1. The Morgan fingerprint density at radius 2 is 2.00 bits per heavy atom. The Balaban J connectivity index is 1.98. The van der Waals surface area contributed by atoms with Gasteiger partial charge in [0.15, 0.2) is 5.69 Å². The van der Waals surface area contributed by atoms with Crippen LogP contribution in [-0.2, 0) is 23.8 Å². The van der Waals surface area contributed by atoms with Crippen LogP contribution in [0.4, 0.5) is 19.1 Å². The number of nitrogens with zero attached hydrogens (tertiary/aromatic N) is 3. The maximum atomic E-state index is 13.4. The molecule has 1 saturated heterocycles. The van der Waals surface area contributed by atoms with Crippen molar-refractivity contribution in [2.45, 2.75) is 31.9 Å². The van der Waals surface area contributed by atoms with Crippen LogP contribution in [-0.4, -0.2) is 48.0 Å². The Morgan fingerprint density at radius 3 is 2.74 bits per heavy atom. The summed E-state index contributed by atoms with van der Waals surface area (Å²) in [5, 5.41) is 9.33. The average molecular weight is 331 g/mol. The number of aromatic nitrogens is 2. The summed E-state index contributed by atoms with van der Waals surface area (Å²) >= 11 is 0. The highest BCUT2D eigenvalue weighted by Crippen LogP contribution is 2.35. The molecule has 1 N–H and O–H groups in total. The Bertz CT molecular complexity index is 566. The smallest absolute Gasteiger partial charge is 0.396 e. The molecule has 2 aliphatic rings. The molecule has 0 spiro atoms. The molecule has 5 nitrogen and oxygen atoms in total. The van der Waals surface area contributed by atoms with Crippen molar-refractivity contribution in [2.24, 2.45) is 5.92 Å². The molecule has 8 heteroatoms. The van der Waals surface area contributed by atoms with Gasteiger partial charge in [-0.25, -0.2) is 9.97 Å². The van der Waals surface area contributed by atoms with E-state index in [9.17, 15) is 18.3 Å². The minimum absolute atomic E-state index is 0.0758. The normalized spacial score (nSPS) is 22.6. The molecule has 0 aromatic carbocycles. The fourth-order valence-corrected chi connectivity index (χ4v) is 3.13. The summed E-state index contributed by atoms with van der Waals surface area (Å²) in [4.78, 5) is 9.94. The van der Waals surface area contributed by atoms with Crippen LogP contribution in [0.3, 0.4) is 0 Å². The lowest BCUT2D eigenvalue weighted by Crippen LogP contribution is -2.34. The standard InChI is InChI=1S/C15H20F3N3O2/c16-15(17,18)13-11-3-1-2-4-12(11)19-14(20-13)21-5-6-23-9-10(7-21)8-22/h10,22H,1-9H2/t10-/m0/s1. The van der Waals surface area contributed by atoms with E-state index in [1.54, 1.807) is 4.90 Å². The second kappa shape index (κ2) is 6.60. The second-order valence-corrected chi connectivity index (χ2v) is 6.07. The highest BCUT2D eigenvalue weighted by Gasteiger charge is 2.38. The van der Waals surface area contributed by atoms with Crippen molar-refractivity contribution in [3.05, 3.63) is 17.0 Å². The lowest BCUT2D eigenvalue weighted by molar-refractivity contribution is -0.142. The van der Waals surface area contributed by atoms with Crippen molar-refractivity contribution < 1.29 is 23.0 Å². The quantitative estimate of drug-likeness (QED) is 0.896. The van der Waals surface area contributed by atoms with Crippen molar-refractivity contribution in [1.82, 2.24) is 9.97 Å². The van der Waals surface area contributed by atoms with Crippen molar-refractivity contribution in [1.29, 1.82) is 0 Å². The first-order valence-electron chi connectivity index (χ1n) is 7.89. The molecular weight excluding hydrogens is 311 g/mol. The predicted molar refractivity (Wildman–Crippen MR) is 77.3 cm³/mol. The van der Waals surface area contributed by atoms with Crippen LogP contribution in [0.5, 0.6) is 0 Å². The van der Waals surface area contributed by atoms with Crippen molar-refractivity contribution >= 4 is 5.95 Å². The molecule has 0 radical (unpaired) electrons. The number of rotatable bonds is 2. The highest BCUT2D eigenvalue weighted by molar-refractivity contribution is 5.40. The van der Waals surface area contributed by atoms with Gasteiger partial charge >= 0.3 is 6.18 Å². The molecule has 0 bridgehead atoms. The molecule has 1 fully saturated rings. The summed E-state index contributed by atoms with van der Waals surface area (Å²) in [6, 6.07) is 0. The average Bonchev–Trinajstić information content (AvgIpc) is 2.78. The van der Waals surface area contributed by atoms with Gasteiger partial charge in [0.2, 0.25) is 5.95 Å². The van der Waals surface area contributed by atoms with Crippen LogP contribution in [0.2, 0.25) is 0 Å². The van der Waals surface area contributed by atoms with Crippen LogP contribution < -0.4 is 4.90 Å². The summed E-state index contributed by atoms with van der Waals surface area (Å²) in [5.41, 5.74) is -0.0421. The van der Waals surface area contributed by atoms with Crippen LogP contribution >= 0.6 is 0 Å². The lowest BCUT2D eigenvalue weighted by atomic mass is 9.94. The zero-order chi connectivity index (χ0) is 16.4. The Morgan fingerprint density at radius 1 is 1.22 bits per heavy atom. The van der Waals surface area contributed by atoms with Crippen molar-refractivity contribution in [3.63, 3.8) is 0 Å². The van der Waals surface area contributed by atoms with Gasteiger partial charge in [0.1, 0.15) is 0 Å². The summed E-state index contributed by atoms with van der Waals surface area (Å²) in [5.74, 6) is -0.0478. The summed E-state index contributed by atoms with van der Waals surface area (Å²) in [7, 11) is 0. The fraction of sp³-hybridized carbons (Fsp3) is 0.733. The third-order valence-electron chi connectivity index (χ3n) is 4.32. The molecular formula is C15H20F3N3O2. The molecule has 2 heterocycles. The molecule has 1 atom stereocenters. The molecule has 23 heavy (non-hydrogen) atoms. The van der Waals surface area contributed by atoms with Gasteiger partial charge in [0.25, 0.3) is 0 Å². The van der Waals surface area contributed by atoms with Gasteiger partial charge in [-0.15, -0.1) is 0 Å². The van der Waals surface area contributed by atoms with Crippen LogP contribution in [0.15, 0.2) is 0 Å². The number of aliphatic hydroxyl groups is 1. The van der Waals surface area contributed by atoms with Crippen molar-refractivity contribution in [3.8, 4) is 0 Å². The molecule has 0 saturated carbocycles. The zero-order valence-electron chi connectivity index (χ0n) is 12.8. The number of fused-ring (bicyclic) bond motifs is 1. The number of hydrogen-bond donors (Lipinski definition) is 1. The molecule has 3 rings (SSSR count). The van der Waals surface area contributed by atoms with E-state index in [1.165, 1.54) is 0 Å². The van der Waals surface area contributed by atoms with E-state index < -0.39 is 11.9 Å². The number of alkyl halides is 3. The summed E-state index contributed by atoms with van der Waals surface area (Å²) < 4.78 is 45.5. The molecule has 1 aromatic rings. The van der Waals surface area contributed by atoms with Gasteiger partial charge in [-0.3, -0.25) is 0 Å². The van der Waals surface area contributed by atoms with Crippen molar-refractivity contribution in [2.75, 3.05) is 37.8 Å². The van der Waals surface area contributed by atoms with Gasteiger partial charge in [-0.1, -0.05) is 0 Å². The van der Waals surface area contributed by atoms with E-state index in [4.69, 9.17) is 4.74 Å². The maximum absolute atomic E-state index is 13.4. The zero-order valence-corrected chi connectivity index (χ0v) is 12.8. The van der Waals surface area contributed by atoms with Crippen LogP contribution in [0, 0.1) is 5.92 Å². The SMILES string of the molecule is OC[C@H]1COCCN(c2nc3c(c(C(F)(F)F)n2)CCCC3)C1. The Kier molecular flexibility index (Phi) is 4.72. The molecule has 1 aliphatic heterocycles. The topological polar surface area (TPSA) is 58.5 Å². The van der Waals surface area contributed by atoms with Gasteiger partial charge in [0.05, 0.1) is 13.2 Å². The van der Waals surface area contributed by atoms with E-state index in [2.05, 4.69) is 9.97 Å². The first-order chi connectivity index (χ1) is 11.0. The van der Waals surface area contributed by atoms with Gasteiger partial charge in [-0.05, 0) is 25.7 Å². The second-order valence-electron chi connectivity index (χ2n) is 6.07. The van der Waals surface area contributed by atoms with E-state index in [0.29, 0.717) is 44.8 Å². The van der Waals surface area contributed by atoms with Crippen LogP contribution in [0.25, 0.3) is 0 Å². The third kappa shape index (κ3) is 3.58. The fourth-order valence-electron chi connectivity index (χ4n) is 3.13. The molecule has 128 valence electrons. The first-order valence-corrected chi connectivity index (χ1v) is 7.89. The van der Waals surface area contributed by atoms with Gasteiger partial charge in [-0.2, -0.15) is 13.2 Å². The Hall–Kier alpha value is -1.41. The Labute approximate surface area is 132 Å². The molecule has 1 aliphatic carbocycles. The number of anilines is 1. The van der Waals surface area contributed by atoms with E-state index in [-0.39, 0.29) is 24.0 Å². The summed E-state index contributed by atoms with van der Waals surface area (Å²) in [6.07, 6.45) is -1.95. The minimum Gasteiger partial charge on any atom is -0.396 e. The molecule has 0 amide bonds. The number of aliphatic hydroxyl groups excluding tert-OH is 1. The highest BCUT2D eigenvalue weighted by atomic mass is 19.4. The van der Waals surface area contributed by atoms with Gasteiger partial charge in [0, 0.05) is 36.9 Å². The van der Waals surface area contributed by atoms with E-state index in [0.717, 1.165) is 12.8 Å². The van der Waals surface area contributed by atoms with Gasteiger partial charge < -0.3 is 14.7 Å². The maximum Gasteiger partial charge on any atom is 0.433 e. The third-order valence-corrected chi connectivity index (χ3v) is 4.32. The molecule has 0 unspecified atom stereocenters. The number of hydrogen-bond acceptors (Lipinski definition) is 5. The van der Waals surface area contributed by atoms with E-state index in [1.807, 2.05) is 0 Å². The predicted octanol–water partition coefficient (Wildman–Crippen LogP) is 1.82. The number of aryl methyl sites for hydroxylation is 1. The number of halogens is 3. The van der Waals surface area contributed by atoms with E-state index >= 15 is 0 Å². The molecule has 1 aromatic heterocycles. The summed E-state index contributed by atoms with van der Waals surface area (Å²) in [6.45, 7) is 1.52. The monoisotopic (exact) mass is 331 g/mol. The lowest BCUT2D eigenvalue weighted by Gasteiger charge is -2.26.